The van der Waals surface area contributed by atoms with Crippen LogP contribution in [0.15, 0.2) is 5.38 Å². The molecular weight excluding hydrogens is 252 g/mol. The van der Waals surface area contributed by atoms with Gasteiger partial charge in [0.05, 0.1) is 10.7 Å². The maximum atomic E-state index is 4.78. The summed E-state index contributed by atoms with van der Waals surface area (Å²) in [5, 5.41) is 3.60. The summed E-state index contributed by atoms with van der Waals surface area (Å²) in [6.07, 6.45) is 5.02. The van der Waals surface area contributed by atoms with E-state index < -0.39 is 0 Å². The highest BCUT2D eigenvalue weighted by Gasteiger charge is 2.65. The largest absolute Gasteiger partial charge is 0.292 e. The van der Waals surface area contributed by atoms with Crippen LogP contribution in [-0.4, -0.2) is 27.5 Å². The molecule has 0 unspecified atom stereocenters. The highest BCUT2D eigenvalue weighted by molar-refractivity contribution is 7.09. The van der Waals surface area contributed by atoms with E-state index in [0.717, 1.165) is 18.5 Å². The topological polar surface area (TPSA) is 16.1 Å². The first-order chi connectivity index (χ1) is 8.86. The van der Waals surface area contributed by atoms with E-state index in [9.17, 15) is 0 Å². The maximum Gasteiger partial charge on any atom is 0.0934 e. The van der Waals surface area contributed by atoms with E-state index in [-0.39, 0.29) is 0 Å². The number of hydrogen-bond donors (Lipinski definition) is 0. The van der Waals surface area contributed by atoms with Crippen LogP contribution in [0.5, 0.6) is 0 Å². The molecule has 1 aromatic heterocycles. The summed E-state index contributed by atoms with van der Waals surface area (Å²) >= 11 is 1.87. The minimum absolute atomic E-state index is 0.305. The van der Waals surface area contributed by atoms with Crippen molar-refractivity contribution in [2.24, 2.45) is 5.41 Å². The number of aryl methyl sites for hydroxylation is 1. The molecule has 2 fully saturated rings. The molecule has 2 aliphatic rings. The lowest BCUT2D eigenvalue weighted by Gasteiger charge is -2.37. The van der Waals surface area contributed by atoms with Crippen molar-refractivity contribution in [1.82, 2.24) is 9.88 Å². The Morgan fingerprint density at radius 3 is 2.68 bits per heavy atom. The lowest BCUT2D eigenvalue weighted by molar-refractivity contribution is 0.104. The average molecular weight is 278 g/mol. The van der Waals surface area contributed by atoms with Crippen LogP contribution in [0.4, 0.5) is 0 Å². The molecule has 1 saturated carbocycles. The number of fused-ring (bicyclic) bond motifs is 1. The second kappa shape index (κ2) is 4.29. The van der Waals surface area contributed by atoms with Crippen LogP contribution in [-0.2, 0) is 12.8 Å². The molecule has 1 aromatic rings. The van der Waals surface area contributed by atoms with E-state index in [2.05, 4.69) is 44.9 Å². The Bertz CT molecular complexity index is 473. The Morgan fingerprint density at radius 1 is 1.42 bits per heavy atom. The van der Waals surface area contributed by atoms with Gasteiger partial charge in [0.15, 0.2) is 0 Å². The number of nitrogens with zero attached hydrogens (tertiary/aromatic N) is 2. The van der Waals surface area contributed by atoms with Crippen LogP contribution in [0.1, 0.15) is 58.2 Å². The molecular formula is C16H26N2S. The minimum atomic E-state index is 0.305. The lowest BCUT2D eigenvalue weighted by atomic mass is 9.96. The van der Waals surface area contributed by atoms with Crippen molar-refractivity contribution in [3.63, 3.8) is 0 Å². The molecule has 0 bridgehead atoms. The summed E-state index contributed by atoms with van der Waals surface area (Å²) in [5.74, 6) is 0. The van der Waals surface area contributed by atoms with Gasteiger partial charge in [-0.25, -0.2) is 4.98 Å². The van der Waals surface area contributed by atoms with Crippen molar-refractivity contribution in [1.29, 1.82) is 0 Å². The normalized spacial score (nSPS) is 34.6. The fourth-order valence-electron chi connectivity index (χ4n) is 4.22. The number of piperidine rings is 1. The summed E-state index contributed by atoms with van der Waals surface area (Å²) in [6, 6.07) is 1.53. The zero-order valence-corrected chi connectivity index (χ0v) is 13.7. The monoisotopic (exact) mass is 278 g/mol. The van der Waals surface area contributed by atoms with Gasteiger partial charge in [-0.15, -0.1) is 11.3 Å². The zero-order valence-electron chi connectivity index (χ0n) is 12.9. The van der Waals surface area contributed by atoms with Gasteiger partial charge in [0.2, 0.25) is 0 Å². The molecule has 0 N–H and O–H groups in total. The Kier molecular flexibility index (Phi) is 3.06. The highest BCUT2D eigenvalue weighted by Crippen LogP contribution is 2.62. The van der Waals surface area contributed by atoms with Crippen molar-refractivity contribution in [3.8, 4) is 0 Å². The molecule has 3 atom stereocenters. The summed E-state index contributed by atoms with van der Waals surface area (Å²) in [5.41, 5.74) is 2.13. The third-order valence-corrected chi connectivity index (χ3v) is 5.80. The van der Waals surface area contributed by atoms with Gasteiger partial charge in [0.25, 0.3) is 0 Å². The van der Waals surface area contributed by atoms with E-state index in [4.69, 9.17) is 4.98 Å². The van der Waals surface area contributed by atoms with E-state index in [1.54, 1.807) is 0 Å². The van der Waals surface area contributed by atoms with Crippen molar-refractivity contribution in [2.75, 3.05) is 0 Å². The van der Waals surface area contributed by atoms with Gasteiger partial charge < -0.3 is 0 Å². The average Bonchev–Trinajstić information content (AvgIpc) is 2.70. The molecule has 1 aliphatic heterocycles. The first-order valence-electron chi connectivity index (χ1n) is 7.57. The Balaban J connectivity index is 1.74. The quantitative estimate of drug-likeness (QED) is 0.833. The fraction of sp³-hybridized carbons (Fsp3) is 0.812. The molecule has 3 heteroatoms. The molecule has 2 heterocycles. The highest BCUT2D eigenvalue weighted by atomic mass is 32.1. The van der Waals surface area contributed by atoms with Gasteiger partial charge in [0.1, 0.15) is 0 Å². The molecule has 0 amide bonds. The number of rotatable bonds is 3. The first-order valence-corrected chi connectivity index (χ1v) is 8.45. The summed E-state index contributed by atoms with van der Waals surface area (Å²) in [7, 11) is 0. The fourth-order valence-corrected chi connectivity index (χ4v) is 5.25. The summed E-state index contributed by atoms with van der Waals surface area (Å²) in [6.45, 7) is 11.7. The molecule has 1 aliphatic carbocycles. The van der Waals surface area contributed by atoms with Gasteiger partial charge in [0, 0.05) is 29.4 Å². The Labute approximate surface area is 121 Å². The minimum Gasteiger partial charge on any atom is -0.292 e. The van der Waals surface area contributed by atoms with Gasteiger partial charge in [-0.1, -0.05) is 6.92 Å². The SMILES string of the molecule is CCc1csc(C[C@@]23C[C@@H](C)N(C(C)(C)C)[C@@H]2C3)n1. The van der Waals surface area contributed by atoms with E-state index >= 15 is 0 Å². The molecule has 3 rings (SSSR count). The van der Waals surface area contributed by atoms with Crippen LogP contribution < -0.4 is 0 Å². The second-order valence-corrected chi connectivity index (χ2v) is 8.42. The maximum absolute atomic E-state index is 4.78. The van der Waals surface area contributed by atoms with Crippen LogP contribution in [0.3, 0.4) is 0 Å². The predicted molar refractivity (Wildman–Crippen MR) is 81.7 cm³/mol. The zero-order chi connectivity index (χ0) is 13.8. The van der Waals surface area contributed by atoms with Crippen LogP contribution in [0.2, 0.25) is 0 Å². The third kappa shape index (κ3) is 2.25. The smallest absolute Gasteiger partial charge is 0.0934 e. The molecule has 1 saturated heterocycles. The van der Waals surface area contributed by atoms with Crippen LogP contribution >= 0.6 is 11.3 Å². The van der Waals surface area contributed by atoms with Gasteiger partial charge in [-0.3, -0.25) is 4.90 Å². The Morgan fingerprint density at radius 2 is 2.16 bits per heavy atom. The molecule has 106 valence electrons. The van der Waals surface area contributed by atoms with Gasteiger partial charge in [-0.2, -0.15) is 0 Å². The van der Waals surface area contributed by atoms with Gasteiger partial charge >= 0.3 is 0 Å². The number of hydrogen-bond acceptors (Lipinski definition) is 3. The lowest BCUT2D eigenvalue weighted by Crippen LogP contribution is -2.45. The summed E-state index contributed by atoms with van der Waals surface area (Å²) in [4.78, 5) is 7.53. The van der Waals surface area contributed by atoms with Crippen molar-refractivity contribution >= 4 is 11.3 Å². The molecule has 0 radical (unpaired) electrons. The standard InChI is InChI=1S/C16H26N2S/c1-6-12-10-19-14(17-12)9-16-7-11(2)18(13(16)8-16)15(3,4)5/h10-11,13H,6-9H2,1-5H3/t11-,13-,16+/m1/s1. The summed E-state index contributed by atoms with van der Waals surface area (Å²) < 4.78 is 0. The van der Waals surface area contributed by atoms with Crippen molar-refractivity contribution in [2.45, 2.75) is 77.9 Å². The number of thiazole rings is 1. The first kappa shape index (κ1) is 13.6. The number of aromatic nitrogens is 1. The number of likely N-dealkylation sites (tertiary alicyclic amines) is 1. The molecule has 0 aromatic carbocycles. The van der Waals surface area contributed by atoms with Crippen LogP contribution in [0.25, 0.3) is 0 Å². The van der Waals surface area contributed by atoms with Gasteiger partial charge in [-0.05, 0) is 52.4 Å². The molecule has 19 heavy (non-hydrogen) atoms. The molecule has 2 nitrogen and oxygen atoms in total. The molecule has 0 spiro atoms. The van der Waals surface area contributed by atoms with Crippen molar-refractivity contribution < 1.29 is 0 Å². The van der Waals surface area contributed by atoms with E-state index in [1.807, 2.05) is 11.3 Å². The van der Waals surface area contributed by atoms with E-state index in [0.29, 0.717) is 11.0 Å². The third-order valence-electron chi connectivity index (χ3n) is 4.90. The predicted octanol–water partition coefficient (Wildman–Crippen LogP) is 3.90. The van der Waals surface area contributed by atoms with Crippen molar-refractivity contribution in [3.05, 3.63) is 16.1 Å². The Hall–Kier alpha value is -0.410. The van der Waals surface area contributed by atoms with Crippen LogP contribution in [0, 0.1) is 5.41 Å². The second-order valence-electron chi connectivity index (χ2n) is 7.48. The van der Waals surface area contributed by atoms with E-state index in [1.165, 1.54) is 30.0 Å².